The lowest BCUT2D eigenvalue weighted by Gasteiger charge is -2.08. The Morgan fingerprint density at radius 2 is 1.72 bits per heavy atom. The molecule has 3 rings (SSSR count). The first-order chi connectivity index (χ1) is 13.9. The largest absolute Gasteiger partial charge is 0.439 e. The molecule has 2 N–H and O–H groups in total. The van der Waals surface area contributed by atoms with Crippen LogP contribution in [0.3, 0.4) is 0 Å². The molecule has 0 aliphatic heterocycles. The van der Waals surface area contributed by atoms with Crippen molar-refractivity contribution in [2.75, 3.05) is 10.6 Å². The zero-order valence-corrected chi connectivity index (χ0v) is 15.3. The van der Waals surface area contributed by atoms with Crippen LogP contribution in [-0.4, -0.2) is 21.8 Å². The second-order valence-corrected chi connectivity index (χ2v) is 6.02. The molecule has 3 aromatic rings. The number of carbonyl (C=O) groups is 2. The van der Waals surface area contributed by atoms with Crippen LogP contribution in [0.5, 0.6) is 11.6 Å². The van der Waals surface area contributed by atoms with E-state index >= 15 is 0 Å². The summed E-state index contributed by atoms with van der Waals surface area (Å²) in [6.45, 7) is 1.36. The van der Waals surface area contributed by atoms with Crippen molar-refractivity contribution in [2.24, 2.45) is 0 Å². The highest BCUT2D eigenvalue weighted by molar-refractivity contribution is 5.92. The summed E-state index contributed by atoms with van der Waals surface area (Å²) in [6.07, 6.45) is 1.16. The zero-order valence-electron chi connectivity index (χ0n) is 15.3. The summed E-state index contributed by atoms with van der Waals surface area (Å²) < 4.78 is 31.7. The van der Waals surface area contributed by atoms with E-state index in [1.807, 2.05) is 0 Å². The molecular formula is C20H16F2N4O3. The summed E-state index contributed by atoms with van der Waals surface area (Å²) >= 11 is 0. The number of carbonyl (C=O) groups excluding carboxylic acids is 2. The van der Waals surface area contributed by atoms with E-state index < -0.39 is 11.6 Å². The highest BCUT2D eigenvalue weighted by Crippen LogP contribution is 2.22. The molecule has 7 nitrogen and oxygen atoms in total. The second-order valence-electron chi connectivity index (χ2n) is 6.02. The summed E-state index contributed by atoms with van der Waals surface area (Å²) in [5.74, 6) is -1.60. The normalized spacial score (nSPS) is 10.3. The zero-order chi connectivity index (χ0) is 20.8. The van der Waals surface area contributed by atoms with Gasteiger partial charge in [0.05, 0.1) is 6.42 Å². The Morgan fingerprint density at radius 1 is 0.966 bits per heavy atom. The predicted molar refractivity (Wildman–Crippen MR) is 102 cm³/mol. The van der Waals surface area contributed by atoms with Gasteiger partial charge in [-0.2, -0.15) is 0 Å². The molecule has 0 atom stereocenters. The molecule has 0 aliphatic carbocycles. The number of anilines is 2. The van der Waals surface area contributed by atoms with E-state index in [2.05, 4.69) is 20.6 Å². The van der Waals surface area contributed by atoms with Gasteiger partial charge in [-0.3, -0.25) is 9.59 Å². The number of benzene rings is 2. The number of halogens is 2. The van der Waals surface area contributed by atoms with Gasteiger partial charge in [0.25, 0.3) is 0 Å². The molecule has 0 spiro atoms. The van der Waals surface area contributed by atoms with Gasteiger partial charge >= 0.3 is 0 Å². The predicted octanol–water partition coefficient (Wildman–Crippen LogP) is 3.69. The summed E-state index contributed by atoms with van der Waals surface area (Å²) in [5.41, 5.74) is 0.867. The van der Waals surface area contributed by atoms with Crippen molar-refractivity contribution in [2.45, 2.75) is 13.3 Å². The molecule has 0 saturated carbocycles. The fourth-order valence-corrected chi connectivity index (χ4v) is 2.41. The van der Waals surface area contributed by atoms with E-state index in [0.29, 0.717) is 22.8 Å². The fraction of sp³-hybridized carbons (Fsp3) is 0.100. The van der Waals surface area contributed by atoms with E-state index in [-0.39, 0.29) is 24.1 Å². The van der Waals surface area contributed by atoms with E-state index in [9.17, 15) is 18.4 Å². The van der Waals surface area contributed by atoms with Gasteiger partial charge < -0.3 is 15.4 Å². The molecule has 0 fully saturated rings. The highest BCUT2D eigenvalue weighted by atomic mass is 19.2. The van der Waals surface area contributed by atoms with Crippen molar-refractivity contribution in [1.82, 2.24) is 9.97 Å². The maximum atomic E-state index is 13.2. The molecule has 2 amide bonds. The van der Waals surface area contributed by atoms with Crippen LogP contribution in [0.4, 0.5) is 20.3 Å². The van der Waals surface area contributed by atoms with Gasteiger partial charge in [-0.15, -0.1) is 0 Å². The average molecular weight is 398 g/mol. The standard InChI is InChI=1S/C20H16F2N4O3/c1-12(27)25-18-10-20(24-11-23-18)29-15-5-3-14(4-6-15)26-19(28)9-13-2-7-16(21)17(22)8-13/h2-8,10-11H,9H2,1H3,(H,26,28)(H,23,24,25,27). The van der Waals surface area contributed by atoms with Gasteiger partial charge in [-0.1, -0.05) is 6.07 Å². The van der Waals surface area contributed by atoms with E-state index in [1.165, 1.54) is 25.4 Å². The quantitative estimate of drug-likeness (QED) is 0.661. The number of nitrogens with zero attached hydrogens (tertiary/aromatic N) is 2. The van der Waals surface area contributed by atoms with Crippen LogP contribution in [-0.2, 0) is 16.0 Å². The average Bonchev–Trinajstić information content (AvgIpc) is 2.66. The summed E-state index contributed by atoms with van der Waals surface area (Å²) in [4.78, 5) is 31.0. The van der Waals surface area contributed by atoms with Gasteiger partial charge in [-0.05, 0) is 42.0 Å². The van der Waals surface area contributed by atoms with Crippen LogP contribution < -0.4 is 15.4 Å². The number of hydrogen-bond donors (Lipinski definition) is 2. The minimum Gasteiger partial charge on any atom is -0.439 e. The third kappa shape index (κ3) is 5.80. The Bertz CT molecular complexity index is 1040. The van der Waals surface area contributed by atoms with Crippen molar-refractivity contribution in [1.29, 1.82) is 0 Å². The lowest BCUT2D eigenvalue weighted by atomic mass is 10.1. The first-order valence-corrected chi connectivity index (χ1v) is 8.50. The van der Waals surface area contributed by atoms with Crippen molar-refractivity contribution in [3.8, 4) is 11.6 Å². The Hall–Kier alpha value is -3.88. The highest BCUT2D eigenvalue weighted by Gasteiger charge is 2.08. The Balaban J connectivity index is 1.59. The third-order valence-electron chi connectivity index (χ3n) is 3.66. The van der Waals surface area contributed by atoms with Crippen molar-refractivity contribution >= 4 is 23.3 Å². The molecule has 0 aliphatic rings. The van der Waals surface area contributed by atoms with Crippen molar-refractivity contribution in [3.05, 3.63) is 72.1 Å². The van der Waals surface area contributed by atoms with Gasteiger partial charge in [0.2, 0.25) is 17.7 Å². The van der Waals surface area contributed by atoms with Crippen LogP contribution in [0.1, 0.15) is 12.5 Å². The molecule has 1 heterocycles. The van der Waals surface area contributed by atoms with Crippen LogP contribution in [0.25, 0.3) is 0 Å². The fourth-order valence-electron chi connectivity index (χ4n) is 2.41. The summed E-state index contributed by atoms with van der Waals surface area (Å²) in [7, 11) is 0. The molecule has 9 heteroatoms. The number of hydrogen-bond acceptors (Lipinski definition) is 5. The maximum absolute atomic E-state index is 13.2. The van der Waals surface area contributed by atoms with Gasteiger partial charge in [0, 0.05) is 18.7 Å². The molecule has 29 heavy (non-hydrogen) atoms. The minimum absolute atomic E-state index is 0.0949. The Labute approximate surface area is 164 Å². The van der Waals surface area contributed by atoms with Gasteiger partial charge in [0.15, 0.2) is 11.6 Å². The summed E-state index contributed by atoms with van der Waals surface area (Å²) in [5, 5.41) is 5.19. The number of nitrogens with one attached hydrogen (secondary N) is 2. The smallest absolute Gasteiger partial charge is 0.228 e. The van der Waals surface area contributed by atoms with Gasteiger partial charge in [0.1, 0.15) is 17.9 Å². The number of rotatable bonds is 6. The van der Waals surface area contributed by atoms with Crippen molar-refractivity contribution in [3.63, 3.8) is 0 Å². The lowest BCUT2D eigenvalue weighted by molar-refractivity contribution is -0.116. The van der Waals surface area contributed by atoms with Crippen LogP contribution in [0, 0.1) is 11.6 Å². The van der Waals surface area contributed by atoms with Gasteiger partial charge in [-0.25, -0.2) is 18.7 Å². The second kappa shape index (κ2) is 8.87. The van der Waals surface area contributed by atoms with E-state index in [1.54, 1.807) is 24.3 Å². The minimum atomic E-state index is -0.997. The van der Waals surface area contributed by atoms with Crippen LogP contribution in [0.15, 0.2) is 54.9 Å². The first kappa shape index (κ1) is 19.9. The van der Waals surface area contributed by atoms with Crippen LogP contribution in [0.2, 0.25) is 0 Å². The van der Waals surface area contributed by atoms with Crippen molar-refractivity contribution < 1.29 is 23.1 Å². The number of amides is 2. The molecule has 148 valence electrons. The first-order valence-electron chi connectivity index (χ1n) is 8.50. The molecule has 0 bridgehead atoms. The number of aromatic nitrogens is 2. The van der Waals surface area contributed by atoms with E-state index in [0.717, 1.165) is 12.1 Å². The maximum Gasteiger partial charge on any atom is 0.228 e. The summed E-state index contributed by atoms with van der Waals surface area (Å²) in [6, 6.07) is 11.3. The molecule has 0 radical (unpaired) electrons. The molecule has 0 unspecified atom stereocenters. The molecule has 2 aromatic carbocycles. The third-order valence-corrected chi connectivity index (χ3v) is 3.66. The lowest BCUT2D eigenvalue weighted by Crippen LogP contribution is -2.14. The Kier molecular flexibility index (Phi) is 6.08. The van der Waals surface area contributed by atoms with E-state index in [4.69, 9.17) is 4.74 Å². The van der Waals surface area contributed by atoms with Crippen LogP contribution >= 0.6 is 0 Å². The SMILES string of the molecule is CC(=O)Nc1cc(Oc2ccc(NC(=O)Cc3ccc(F)c(F)c3)cc2)ncn1. The monoisotopic (exact) mass is 398 g/mol. The number of ether oxygens (including phenoxy) is 1. The Morgan fingerprint density at radius 3 is 2.41 bits per heavy atom. The molecular weight excluding hydrogens is 382 g/mol. The topological polar surface area (TPSA) is 93.2 Å². The molecule has 0 saturated heterocycles. The molecule has 1 aromatic heterocycles.